The van der Waals surface area contributed by atoms with Gasteiger partial charge in [-0.25, -0.2) is 4.98 Å². The van der Waals surface area contributed by atoms with Gasteiger partial charge in [-0.3, -0.25) is 4.79 Å². The van der Waals surface area contributed by atoms with E-state index in [1.807, 2.05) is 0 Å². The molecule has 0 aromatic carbocycles. The minimum Gasteiger partial charge on any atom is -0.346 e. The maximum atomic E-state index is 12.5. The Balaban J connectivity index is 2.31. The zero-order valence-corrected chi connectivity index (χ0v) is 12.1. The molecular formula is C14H24N4O. The molecule has 2 heterocycles. The van der Waals surface area contributed by atoms with E-state index >= 15 is 0 Å². The lowest BCUT2D eigenvalue weighted by molar-refractivity contribution is 0.456. The first-order chi connectivity index (χ1) is 9.13. The smallest absolute Gasteiger partial charge is 0.293 e. The predicted octanol–water partition coefficient (Wildman–Crippen LogP) is 1.09. The third kappa shape index (κ3) is 3.15. The molecule has 1 aromatic heterocycles. The van der Waals surface area contributed by atoms with E-state index in [-0.39, 0.29) is 5.56 Å². The lowest BCUT2D eigenvalue weighted by Gasteiger charge is -2.36. The van der Waals surface area contributed by atoms with Gasteiger partial charge < -0.3 is 14.8 Å². The molecule has 1 aliphatic heterocycles. The zero-order chi connectivity index (χ0) is 13.8. The van der Waals surface area contributed by atoms with Gasteiger partial charge in [0.2, 0.25) is 0 Å². The largest absolute Gasteiger partial charge is 0.346 e. The minimum atomic E-state index is 0.0385. The molecule has 1 N–H and O–H groups in total. The van der Waals surface area contributed by atoms with E-state index < -0.39 is 0 Å². The minimum absolute atomic E-state index is 0.0385. The van der Waals surface area contributed by atoms with Crippen LogP contribution in [0.3, 0.4) is 0 Å². The van der Waals surface area contributed by atoms with Crippen LogP contribution >= 0.6 is 0 Å². The number of piperazine rings is 1. The second kappa shape index (κ2) is 6.19. The molecule has 0 saturated carbocycles. The molecular weight excluding hydrogens is 240 g/mol. The number of hydrogen-bond acceptors (Lipinski definition) is 4. The molecule has 2 rings (SSSR count). The van der Waals surface area contributed by atoms with E-state index in [1.165, 1.54) is 0 Å². The van der Waals surface area contributed by atoms with E-state index in [1.54, 1.807) is 17.0 Å². The average molecular weight is 264 g/mol. The van der Waals surface area contributed by atoms with Crippen molar-refractivity contribution in [3.05, 3.63) is 22.7 Å². The van der Waals surface area contributed by atoms with E-state index in [4.69, 9.17) is 0 Å². The molecule has 0 amide bonds. The molecule has 106 valence electrons. The highest BCUT2D eigenvalue weighted by molar-refractivity contribution is 5.38. The second-order valence-corrected chi connectivity index (χ2v) is 5.56. The van der Waals surface area contributed by atoms with E-state index in [9.17, 15) is 4.79 Å². The Morgan fingerprint density at radius 2 is 2.32 bits per heavy atom. The quantitative estimate of drug-likeness (QED) is 0.884. The standard InChI is InChI=1S/C14H24N4O/c1-4-12-9-15-5-8-18(12)13-14(19)17(7-6-16-13)10-11(2)3/h6-7,11-12,15H,4-5,8-10H2,1-3H3. The maximum Gasteiger partial charge on any atom is 0.293 e. The van der Waals surface area contributed by atoms with Crippen LogP contribution in [0, 0.1) is 5.92 Å². The van der Waals surface area contributed by atoms with Gasteiger partial charge in [0.25, 0.3) is 5.56 Å². The summed E-state index contributed by atoms with van der Waals surface area (Å²) in [5.74, 6) is 1.06. The molecule has 1 fully saturated rings. The fraction of sp³-hybridized carbons (Fsp3) is 0.714. The number of nitrogens with one attached hydrogen (secondary N) is 1. The Bertz CT molecular complexity index is 469. The van der Waals surface area contributed by atoms with Gasteiger partial charge >= 0.3 is 0 Å². The van der Waals surface area contributed by atoms with Crippen LogP contribution in [-0.4, -0.2) is 35.2 Å². The molecule has 5 heteroatoms. The van der Waals surface area contributed by atoms with Crippen LogP contribution in [0.2, 0.25) is 0 Å². The number of nitrogens with zero attached hydrogens (tertiary/aromatic N) is 3. The van der Waals surface area contributed by atoms with E-state index in [0.717, 1.165) is 32.6 Å². The molecule has 19 heavy (non-hydrogen) atoms. The van der Waals surface area contributed by atoms with Gasteiger partial charge in [0.1, 0.15) is 0 Å². The normalized spacial score (nSPS) is 20.0. The summed E-state index contributed by atoms with van der Waals surface area (Å²) in [6.45, 7) is 9.83. The van der Waals surface area contributed by atoms with Gasteiger partial charge in [-0.1, -0.05) is 20.8 Å². The first-order valence-electron chi connectivity index (χ1n) is 7.16. The Morgan fingerprint density at radius 3 is 3.00 bits per heavy atom. The molecule has 1 atom stereocenters. The van der Waals surface area contributed by atoms with Crippen LogP contribution < -0.4 is 15.8 Å². The number of anilines is 1. The summed E-state index contributed by atoms with van der Waals surface area (Å²) in [6.07, 6.45) is 4.55. The molecule has 1 aliphatic rings. The van der Waals surface area contributed by atoms with Crippen LogP contribution in [0.15, 0.2) is 17.2 Å². The van der Waals surface area contributed by atoms with E-state index in [0.29, 0.717) is 17.8 Å². The number of hydrogen-bond donors (Lipinski definition) is 1. The van der Waals surface area contributed by atoms with Gasteiger partial charge in [-0.05, 0) is 12.3 Å². The molecule has 5 nitrogen and oxygen atoms in total. The van der Waals surface area contributed by atoms with Crippen molar-refractivity contribution in [1.29, 1.82) is 0 Å². The Morgan fingerprint density at radius 1 is 1.53 bits per heavy atom. The highest BCUT2D eigenvalue weighted by Crippen LogP contribution is 2.13. The van der Waals surface area contributed by atoms with Crippen LogP contribution in [0.5, 0.6) is 0 Å². The maximum absolute atomic E-state index is 12.5. The third-order valence-electron chi connectivity index (χ3n) is 3.55. The predicted molar refractivity (Wildman–Crippen MR) is 77.6 cm³/mol. The van der Waals surface area contributed by atoms with Crippen LogP contribution in [0.1, 0.15) is 27.2 Å². The number of aromatic nitrogens is 2. The molecule has 0 spiro atoms. The van der Waals surface area contributed by atoms with Crippen LogP contribution in [-0.2, 0) is 6.54 Å². The van der Waals surface area contributed by atoms with Crippen molar-refractivity contribution in [2.75, 3.05) is 24.5 Å². The summed E-state index contributed by atoms with van der Waals surface area (Å²) in [5.41, 5.74) is 0.0385. The lowest BCUT2D eigenvalue weighted by atomic mass is 10.1. The van der Waals surface area contributed by atoms with Gasteiger partial charge in [0.05, 0.1) is 0 Å². The Labute approximate surface area is 114 Å². The first kappa shape index (κ1) is 14.1. The Hall–Kier alpha value is -1.36. The van der Waals surface area contributed by atoms with Crippen LogP contribution in [0.25, 0.3) is 0 Å². The van der Waals surface area contributed by atoms with Crippen molar-refractivity contribution in [1.82, 2.24) is 14.9 Å². The van der Waals surface area contributed by atoms with Gasteiger partial charge in [0.15, 0.2) is 5.82 Å². The number of rotatable bonds is 4. The summed E-state index contributed by atoms with van der Waals surface area (Å²) < 4.78 is 1.78. The second-order valence-electron chi connectivity index (χ2n) is 5.56. The topological polar surface area (TPSA) is 50.2 Å². The highest BCUT2D eigenvalue weighted by atomic mass is 16.1. The summed E-state index contributed by atoms with van der Waals surface area (Å²) >= 11 is 0. The molecule has 0 aliphatic carbocycles. The van der Waals surface area contributed by atoms with Crippen molar-refractivity contribution >= 4 is 5.82 Å². The van der Waals surface area contributed by atoms with Crippen molar-refractivity contribution in [3.63, 3.8) is 0 Å². The third-order valence-corrected chi connectivity index (χ3v) is 3.55. The van der Waals surface area contributed by atoms with Crippen molar-refractivity contribution in [2.24, 2.45) is 5.92 Å². The molecule has 1 aromatic rings. The Kier molecular flexibility index (Phi) is 4.58. The first-order valence-corrected chi connectivity index (χ1v) is 7.16. The molecule has 1 saturated heterocycles. The fourth-order valence-electron chi connectivity index (χ4n) is 2.57. The summed E-state index contributed by atoms with van der Waals surface area (Å²) in [5, 5.41) is 3.37. The summed E-state index contributed by atoms with van der Waals surface area (Å²) in [4.78, 5) is 19.0. The van der Waals surface area contributed by atoms with Gasteiger partial charge in [0, 0.05) is 44.6 Å². The van der Waals surface area contributed by atoms with Crippen LogP contribution in [0.4, 0.5) is 5.82 Å². The monoisotopic (exact) mass is 264 g/mol. The highest BCUT2D eigenvalue weighted by Gasteiger charge is 2.24. The average Bonchev–Trinajstić information content (AvgIpc) is 2.41. The molecule has 0 bridgehead atoms. The lowest BCUT2D eigenvalue weighted by Crippen LogP contribution is -2.53. The van der Waals surface area contributed by atoms with Crippen molar-refractivity contribution < 1.29 is 0 Å². The van der Waals surface area contributed by atoms with Crippen molar-refractivity contribution in [3.8, 4) is 0 Å². The van der Waals surface area contributed by atoms with E-state index in [2.05, 4.69) is 36.0 Å². The van der Waals surface area contributed by atoms with Gasteiger partial charge in [-0.2, -0.15) is 0 Å². The fourth-order valence-corrected chi connectivity index (χ4v) is 2.57. The molecule has 1 unspecified atom stereocenters. The zero-order valence-electron chi connectivity index (χ0n) is 12.1. The SMILES string of the molecule is CCC1CNCCN1c1nccn(CC(C)C)c1=O. The van der Waals surface area contributed by atoms with Gasteiger partial charge in [-0.15, -0.1) is 0 Å². The molecule has 0 radical (unpaired) electrons. The van der Waals surface area contributed by atoms with Crippen molar-refractivity contribution in [2.45, 2.75) is 39.8 Å². The summed E-state index contributed by atoms with van der Waals surface area (Å²) in [6, 6.07) is 0.365. The summed E-state index contributed by atoms with van der Waals surface area (Å²) in [7, 11) is 0.